The fourth-order valence-electron chi connectivity index (χ4n) is 1.57. The lowest BCUT2D eigenvalue weighted by molar-refractivity contribution is -0.138. The van der Waals surface area contributed by atoms with Gasteiger partial charge in [-0.05, 0) is 12.1 Å². The number of ether oxygens (including phenoxy) is 1. The van der Waals surface area contributed by atoms with E-state index in [-0.39, 0.29) is 12.4 Å². The Morgan fingerprint density at radius 1 is 1.40 bits per heavy atom. The molecular weight excluding hydrogens is 264 g/mol. The van der Waals surface area contributed by atoms with Crippen molar-refractivity contribution >= 4 is 17.7 Å². The first kappa shape index (κ1) is 13.5. The molecule has 1 heterocycles. The minimum Gasteiger partial charge on any atom is -0.496 e. The molecule has 2 N–H and O–H groups in total. The molecule has 0 aliphatic rings. The first-order chi connectivity index (χ1) is 9.60. The van der Waals surface area contributed by atoms with E-state index in [1.54, 1.807) is 24.3 Å². The number of methoxy groups -OCH3 is 1. The molecule has 0 aliphatic heterocycles. The zero-order valence-electron chi connectivity index (χ0n) is 10.6. The van der Waals surface area contributed by atoms with Gasteiger partial charge in [0.2, 0.25) is 0 Å². The molecule has 0 radical (unpaired) electrons. The zero-order chi connectivity index (χ0) is 14.5. The van der Waals surface area contributed by atoms with E-state index in [0.29, 0.717) is 11.3 Å². The average Bonchev–Trinajstić information content (AvgIpc) is 2.85. The van der Waals surface area contributed by atoms with E-state index < -0.39 is 11.9 Å². The summed E-state index contributed by atoms with van der Waals surface area (Å²) in [5.41, 5.74) is 0.350. The highest BCUT2D eigenvalue weighted by molar-refractivity contribution is 6.05. The fraction of sp³-hybridized carbons (Fsp3) is 0.167. The van der Waals surface area contributed by atoms with Crippen LogP contribution < -0.4 is 10.1 Å². The molecule has 8 heteroatoms. The van der Waals surface area contributed by atoms with Crippen LogP contribution in [0.1, 0.15) is 10.4 Å². The van der Waals surface area contributed by atoms with Gasteiger partial charge in [0.1, 0.15) is 5.75 Å². The van der Waals surface area contributed by atoms with Gasteiger partial charge in [-0.1, -0.05) is 12.1 Å². The third kappa shape index (κ3) is 3.10. The number of aliphatic carboxylic acids is 1. The van der Waals surface area contributed by atoms with Gasteiger partial charge in [-0.15, -0.1) is 5.10 Å². The van der Waals surface area contributed by atoms with Crippen molar-refractivity contribution in [2.45, 2.75) is 6.54 Å². The summed E-state index contributed by atoms with van der Waals surface area (Å²) in [5, 5.41) is 18.7. The van der Waals surface area contributed by atoms with Crippen molar-refractivity contribution in [3.63, 3.8) is 0 Å². The predicted octanol–water partition coefficient (Wildman–Crippen LogP) is 0.624. The number of carboxylic acid groups (broad SMARTS) is 1. The third-order valence-electron chi connectivity index (χ3n) is 2.41. The van der Waals surface area contributed by atoms with Crippen LogP contribution in [0.4, 0.5) is 5.82 Å². The second kappa shape index (κ2) is 5.83. The van der Waals surface area contributed by atoms with Crippen molar-refractivity contribution in [1.82, 2.24) is 15.0 Å². The fourth-order valence-corrected chi connectivity index (χ4v) is 1.57. The highest BCUT2D eigenvalue weighted by atomic mass is 16.5. The molecule has 0 aliphatic carbocycles. The van der Waals surface area contributed by atoms with Gasteiger partial charge in [-0.3, -0.25) is 9.59 Å². The molecule has 1 aromatic heterocycles. The third-order valence-corrected chi connectivity index (χ3v) is 2.41. The number of amides is 1. The molecule has 0 bridgehead atoms. The number of carbonyl (C=O) groups excluding carboxylic acids is 1. The van der Waals surface area contributed by atoms with Gasteiger partial charge in [0, 0.05) is 0 Å². The summed E-state index contributed by atoms with van der Waals surface area (Å²) < 4.78 is 5.08. The van der Waals surface area contributed by atoms with Crippen LogP contribution in [0.5, 0.6) is 5.75 Å². The Labute approximate surface area is 114 Å². The van der Waals surface area contributed by atoms with Gasteiger partial charge >= 0.3 is 5.97 Å². The molecule has 0 unspecified atom stereocenters. The van der Waals surface area contributed by atoms with Crippen LogP contribution in [0, 0.1) is 0 Å². The molecule has 1 aromatic carbocycles. The summed E-state index contributed by atoms with van der Waals surface area (Å²) in [6, 6.07) is 6.73. The lowest BCUT2D eigenvalue weighted by Gasteiger charge is -2.06. The van der Waals surface area contributed by atoms with Crippen LogP contribution in [-0.4, -0.2) is 39.1 Å². The number of hydrogen-bond acceptors (Lipinski definition) is 5. The summed E-state index contributed by atoms with van der Waals surface area (Å²) in [4.78, 5) is 23.5. The van der Waals surface area contributed by atoms with Gasteiger partial charge in [-0.25, -0.2) is 0 Å². The van der Waals surface area contributed by atoms with E-state index in [1.165, 1.54) is 13.3 Å². The van der Waals surface area contributed by atoms with Crippen molar-refractivity contribution < 1.29 is 19.4 Å². The SMILES string of the molecule is COc1ccccc1C(=O)Nc1cnn(CC(=O)O)n1. The van der Waals surface area contributed by atoms with Crippen molar-refractivity contribution in [2.75, 3.05) is 12.4 Å². The van der Waals surface area contributed by atoms with Crippen molar-refractivity contribution in [3.8, 4) is 5.75 Å². The molecule has 2 aromatic rings. The first-order valence-corrected chi connectivity index (χ1v) is 5.66. The van der Waals surface area contributed by atoms with E-state index in [4.69, 9.17) is 9.84 Å². The molecule has 1 amide bonds. The van der Waals surface area contributed by atoms with Gasteiger partial charge in [-0.2, -0.15) is 9.90 Å². The first-order valence-electron chi connectivity index (χ1n) is 5.66. The Bertz CT molecular complexity index is 638. The number of hydrogen-bond donors (Lipinski definition) is 2. The van der Waals surface area contributed by atoms with Gasteiger partial charge in [0.15, 0.2) is 12.4 Å². The Balaban J connectivity index is 2.11. The van der Waals surface area contributed by atoms with Gasteiger partial charge < -0.3 is 15.2 Å². The Morgan fingerprint density at radius 2 is 2.15 bits per heavy atom. The summed E-state index contributed by atoms with van der Waals surface area (Å²) in [6.07, 6.45) is 1.27. The summed E-state index contributed by atoms with van der Waals surface area (Å²) in [7, 11) is 1.47. The molecule has 2 rings (SSSR count). The highest BCUT2D eigenvalue weighted by Crippen LogP contribution is 2.18. The molecule has 104 valence electrons. The van der Waals surface area contributed by atoms with E-state index in [9.17, 15) is 9.59 Å². The van der Waals surface area contributed by atoms with Crippen molar-refractivity contribution in [3.05, 3.63) is 36.0 Å². The number of nitrogens with zero attached hydrogens (tertiary/aromatic N) is 3. The summed E-state index contributed by atoms with van der Waals surface area (Å²) in [5.74, 6) is -0.877. The maximum atomic E-state index is 12.0. The number of aromatic nitrogens is 3. The number of rotatable bonds is 5. The largest absolute Gasteiger partial charge is 0.496 e. The maximum absolute atomic E-state index is 12.0. The monoisotopic (exact) mass is 276 g/mol. The second-order valence-corrected chi connectivity index (χ2v) is 3.81. The molecule has 0 saturated carbocycles. The van der Waals surface area contributed by atoms with Crippen LogP contribution in [0.2, 0.25) is 0 Å². The molecule has 0 fully saturated rings. The van der Waals surface area contributed by atoms with Crippen molar-refractivity contribution in [2.24, 2.45) is 0 Å². The quantitative estimate of drug-likeness (QED) is 0.829. The lowest BCUT2D eigenvalue weighted by atomic mass is 10.2. The van der Waals surface area contributed by atoms with Gasteiger partial charge in [0.05, 0.1) is 18.9 Å². The molecule has 0 saturated heterocycles. The zero-order valence-corrected chi connectivity index (χ0v) is 10.6. The van der Waals surface area contributed by atoms with Gasteiger partial charge in [0.25, 0.3) is 5.91 Å². The van der Waals surface area contributed by atoms with Crippen LogP contribution >= 0.6 is 0 Å². The van der Waals surface area contributed by atoms with Crippen LogP contribution in [0.25, 0.3) is 0 Å². The van der Waals surface area contributed by atoms with Crippen LogP contribution in [-0.2, 0) is 11.3 Å². The normalized spacial score (nSPS) is 10.1. The maximum Gasteiger partial charge on any atom is 0.327 e. The smallest absolute Gasteiger partial charge is 0.327 e. The number of carboxylic acids is 1. The minimum absolute atomic E-state index is 0.169. The van der Waals surface area contributed by atoms with E-state index >= 15 is 0 Å². The predicted molar refractivity (Wildman–Crippen MR) is 68.6 cm³/mol. The van der Waals surface area contributed by atoms with Crippen LogP contribution in [0.15, 0.2) is 30.5 Å². The number of nitrogens with one attached hydrogen (secondary N) is 1. The number of para-hydroxylation sites is 1. The Morgan fingerprint density at radius 3 is 2.85 bits per heavy atom. The molecule has 0 atom stereocenters. The number of benzene rings is 1. The minimum atomic E-state index is -1.07. The molecule has 20 heavy (non-hydrogen) atoms. The van der Waals surface area contributed by atoms with E-state index in [2.05, 4.69) is 15.5 Å². The summed E-state index contributed by atoms with van der Waals surface area (Å²) >= 11 is 0. The molecule has 8 nitrogen and oxygen atoms in total. The average molecular weight is 276 g/mol. The standard InChI is InChI=1S/C12H12N4O4/c1-20-9-5-3-2-4-8(9)12(19)14-10-6-13-16(15-10)7-11(17)18/h2-6H,7H2,1H3,(H,17,18)(H,14,15,19). The second-order valence-electron chi connectivity index (χ2n) is 3.81. The highest BCUT2D eigenvalue weighted by Gasteiger charge is 2.13. The Hall–Kier alpha value is -2.90. The van der Waals surface area contributed by atoms with Crippen molar-refractivity contribution in [1.29, 1.82) is 0 Å². The number of anilines is 1. The lowest BCUT2D eigenvalue weighted by Crippen LogP contribution is -2.15. The van der Waals surface area contributed by atoms with Crippen LogP contribution in [0.3, 0.4) is 0 Å². The molecular formula is C12H12N4O4. The topological polar surface area (TPSA) is 106 Å². The summed E-state index contributed by atoms with van der Waals surface area (Å²) in [6.45, 7) is -0.371. The Kier molecular flexibility index (Phi) is 3.94. The van der Waals surface area contributed by atoms with E-state index in [1.807, 2.05) is 0 Å². The number of carbonyl (C=O) groups is 2. The van der Waals surface area contributed by atoms with E-state index in [0.717, 1.165) is 4.80 Å². The molecule has 0 spiro atoms.